The van der Waals surface area contributed by atoms with Gasteiger partial charge in [0.2, 0.25) is 0 Å². The zero-order chi connectivity index (χ0) is 18.9. The van der Waals surface area contributed by atoms with Crippen molar-refractivity contribution in [3.63, 3.8) is 0 Å². The maximum absolute atomic E-state index is 13.0. The summed E-state index contributed by atoms with van der Waals surface area (Å²) in [6.07, 6.45) is 0.810. The van der Waals surface area contributed by atoms with Crippen LogP contribution in [0.4, 0.5) is 0 Å². The van der Waals surface area contributed by atoms with E-state index in [-0.39, 0.29) is 5.91 Å². The van der Waals surface area contributed by atoms with Crippen molar-refractivity contribution < 1.29 is 19.7 Å². The summed E-state index contributed by atoms with van der Waals surface area (Å²) in [6.45, 7) is 1.49. The monoisotopic (exact) mass is 367 g/mol. The molecule has 4 rings (SSSR count). The zero-order valence-electron chi connectivity index (χ0n) is 15.3. The number of likely N-dealkylation sites (tertiary alicyclic amines) is 1. The van der Waals surface area contributed by atoms with Crippen LogP contribution in [0.5, 0.6) is 5.75 Å². The summed E-state index contributed by atoms with van der Waals surface area (Å²) < 4.78 is 5.92. The molecule has 2 aromatic carbocycles. The number of para-hydroxylation sites is 1. The average molecular weight is 367 g/mol. The third-order valence-corrected chi connectivity index (χ3v) is 6.11. The number of aliphatic hydroxyl groups is 2. The van der Waals surface area contributed by atoms with Crippen molar-refractivity contribution in [2.24, 2.45) is 5.41 Å². The molecule has 142 valence electrons. The molecule has 1 aliphatic heterocycles. The van der Waals surface area contributed by atoms with E-state index in [1.807, 2.05) is 48.5 Å². The quantitative estimate of drug-likeness (QED) is 0.872. The first-order valence-corrected chi connectivity index (χ1v) is 9.51. The van der Waals surface area contributed by atoms with Crippen LogP contribution in [0.2, 0.25) is 0 Å². The number of carbonyl (C=O) groups is 1. The molecule has 1 heterocycles. The average Bonchev–Trinajstić information content (AvgIpc) is 2.73. The van der Waals surface area contributed by atoms with Crippen molar-refractivity contribution in [3.05, 3.63) is 65.7 Å². The van der Waals surface area contributed by atoms with Crippen LogP contribution in [0, 0.1) is 5.41 Å². The highest BCUT2D eigenvalue weighted by atomic mass is 16.5. The highest BCUT2D eigenvalue weighted by molar-refractivity contribution is 5.97. The molecular formula is C22H25NO4. The SMILES string of the molecule is O=C(c1ccccc1OCc1ccccc1)N1CCC2(CC1)[C@H](O)C[C@@H]2O. The van der Waals surface area contributed by atoms with E-state index in [0.29, 0.717) is 50.3 Å². The van der Waals surface area contributed by atoms with Gasteiger partial charge in [0, 0.05) is 24.9 Å². The van der Waals surface area contributed by atoms with Crippen LogP contribution in [0.3, 0.4) is 0 Å². The Bertz CT molecular complexity index is 789. The van der Waals surface area contributed by atoms with Crippen molar-refractivity contribution in [2.45, 2.75) is 38.1 Å². The first kappa shape index (κ1) is 18.0. The summed E-state index contributed by atoms with van der Waals surface area (Å²) in [5.74, 6) is 0.521. The number of hydrogen-bond acceptors (Lipinski definition) is 4. The molecule has 2 atom stereocenters. The Balaban J connectivity index is 1.43. The maximum atomic E-state index is 13.0. The number of hydrogen-bond donors (Lipinski definition) is 2. The van der Waals surface area contributed by atoms with E-state index in [2.05, 4.69) is 0 Å². The van der Waals surface area contributed by atoms with E-state index in [1.165, 1.54) is 0 Å². The summed E-state index contributed by atoms with van der Waals surface area (Å²) in [5.41, 5.74) is 1.19. The van der Waals surface area contributed by atoms with Gasteiger partial charge in [-0.05, 0) is 30.5 Å². The number of aliphatic hydroxyl groups excluding tert-OH is 2. The van der Waals surface area contributed by atoms with Crippen molar-refractivity contribution in [2.75, 3.05) is 13.1 Å². The van der Waals surface area contributed by atoms with Gasteiger partial charge < -0.3 is 19.8 Å². The molecule has 1 aliphatic carbocycles. The first-order valence-electron chi connectivity index (χ1n) is 9.51. The minimum absolute atomic E-state index is 0.0585. The minimum atomic E-state index is -0.453. The van der Waals surface area contributed by atoms with Gasteiger partial charge in [-0.3, -0.25) is 4.79 Å². The van der Waals surface area contributed by atoms with Gasteiger partial charge >= 0.3 is 0 Å². The fraction of sp³-hybridized carbons (Fsp3) is 0.409. The van der Waals surface area contributed by atoms with Crippen LogP contribution in [0.25, 0.3) is 0 Å². The van der Waals surface area contributed by atoms with Gasteiger partial charge in [-0.25, -0.2) is 0 Å². The van der Waals surface area contributed by atoms with Gasteiger partial charge in [-0.1, -0.05) is 42.5 Å². The van der Waals surface area contributed by atoms with E-state index >= 15 is 0 Å². The predicted molar refractivity (Wildman–Crippen MR) is 101 cm³/mol. The number of benzene rings is 2. The fourth-order valence-electron chi connectivity index (χ4n) is 4.21. The van der Waals surface area contributed by atoms with Gasteiger partial charge in [-0.15, -0.1) is 0 Å². The topological polar surface area (TPSA) is 70.0 Å². The first-order chi connectivity index (χ1) is 13.1. The van der Waals surface area contributed by atoms with E-state index in [9.17, 15) is 15.0 Å². The molecule has 0 radical (unpaired) electrons. The Labute approximate surface area is 159 Å². The van der Waals surface area contributed by atoms with Crippen LogP contribution in [-0.4, -0.2) is 46.3 Å². The molecule has 2 fully saturated rings. The molecule has 0 aromatic heterocycles. The summed E-state index contributed by atoms with van der Waals surface area (Å²) in [4.78, 5) is 14.8. The summed E-state index contributed by atoms with van der Waals surface area (Å²) in [7, 11) is 0. The van der Waals surface area contributed by atoms with Crippen LogP contribution in [0.15, 0.2) is 54.6 Å². The standard InChI is InChI=1S/C22H25NO4/c24-19-14-20(25)22(19)10-12-23(13-11-22)21(26)17-8-4-5-9-18(17)27-15-16-6-2-1-3-7-16/h1-9,19-20,24-25H,10-15H2/t19-,20+. The molecule has 27 heavy (non-hydrogen) atoms. The van der Waals surface area contributed by atoms with Crippen LogP contribution in [-0.2, 0) is 6.61 Å². The molecule has 1 spiro atoms. The van der Waals surface area contributed by atoms with Crippen LogP contribution >= 0.6 is 0 Å². The van der Waals surface area contributed by atoms with Gasteiger partial charge in [0.15, 0.2) is 0 Å². The molecule has 2 aliphatic rings. The van der Waals surface area contributed by atoms with Crippen molar-refractivity contribution in [3.8, 4) is 5.75 Å². The highest BCUT2D eigenvalue weighted by Crippen LogP contribution is 2.49. The normalized spacial score (nSPS) is 23.7. The van der Waals surface area contributed by atoms with Crippen molar-refractivity contribution in [1.82, 2.24) is 4.90 Å². The lowest BCUT2D eigenvalue weighted by Crippen LogP contribution is -2.61. The Kier molecular flexibility index (Phi) is 4.89. The number of nitrogens with zero attached hydrogens (tertiary/aromatic N) is 1. The molecule has 2 aromatic rings. The van der Waals surface area contributed by atoms with Gasteiger partial charge in [-0.2, -0.15) is 0 Å². The largest absolute Gasteiger partial charge is 0.488 e. The Morgan fingerprint density at radius 2 is 1.63 bits per heavy atom. The summed E-state index contributed by atoms with van der Waals surface area (Å²) >= 11 is 0. The molecule has 1 amide bonds. The second kappa shape index (κ2) is 7.33. The van der Waals surface area contributed by atoms with Crippen molar-refractivity contribution >= 4 is 5.91 Å². The third kappa shape index (κ3) is 3.33. The van der Waals surface area contributed by atoms with Crippen molar-refractivity contribution in [1.29, 1.82) is 0 Å². The van der Waals surface area contributed by atoms with Crippen LogP contribution < -0.4 is 4.74 Å². The lowest BCUT2D eigenvalue weighted by Gasteiger charge is -2.55. The summed E-state index contributed by atoms with van der Waals surface area (Å²) in [6, 6.07) is 17.2. The maximum Gasteiger partial charge on any atom is 0.257 e. The van der Waals surface area contributed by atoms with E-state index in [1.54, 1.807) is 11.0 Å². The van der Waals surface area contributed by atoms with Gasteiger partial charge in [0.1, 0.15) is 12.4 Å². The second-order valence-electron chi connectivity index (χ2n) is 7.56. The Hall–Kier alpha value is -2.37. The minimum Gasteiger partial charge on any atom is -0.488 e. The molecule has 5 heteroatoms. The number of rotatable bonds is 4. The Morgan fingerprint density at radius 1 is 1.00 bits per heavy atom. The molecular weight excluding hydrogens is 342 g/mol. The fourth-order valence-corrected chi connectivity index (χ4v) is 4.21. The molecule has 5 nitrogen and oxygen atoms in total. The van der Waals surface area contributed by atoms with E-state index < -0.39 is 17.6 Å². The number of amides is 1. The molecule has 2 N–H and O–H groups in total. The molecule has 1 saturated heterocycles. The third-order valence-electron chi connectivity index (χ3n) is 6.11. The predicted octanol–water partition coefficient (Wildman–Crippen LogP) is 2.61. The lowest BCUT2D eigenvalue weighted by molar-refractivity contribution is -0.187. The molecule has 0 unspecified atom stereocenters. The number of carbonyl (C=O) groups excluding carboxylic acids is 1. The number of ether oxygens (including phenoxy) is 1. The second-order valence-corrected chi connectivity index (χ2v) is 7.56. The zero-order valence-corrected chi connectivity index (χ0v) is 15.3. The van der Waals surface area contributed by atoms with E-state index in [0.717, 1.165) is 5.56 Å². The lowest BCUT2D eigenvalue weighted by atomic mass is 9.58. The van der Waals surface area contributed by atoms with Gasteiger partial charge in [0.05, 0.1) is 17.8 Å². The smallest absolute Gasteiger partial charge is 0.257 e. The molecule has 1 saturated carbocycles. The Morgan fingerprint density at radius 3 is 2.30 bits per heavy atom. The van der Waals surface area contributed by atoms with E-state index in [4.69, 9.17) is 4.74 Å². The summed E-state index contributed by atoms with van der Waals surface area (Å²) in [5, 5.41) is 20.1. The van der Waals surface area contributed by atoms with Gasteiger partial charge in [0.25, 0.3) is 5.91 Å². The molecule has 0 bridgehead atoms. The number of piperidine rings is 1. The van der Waals surface area contributed by atoms with Crippen LogP contribution in [0.1, 0.15) is 35.2 Å². The highest BCUT2D eigenvalue weighted by Gasteiger charge is 2.55.